The molecule has 1 aliphatic rings. The summed E-state index contributed by atoms with van der Waals surface area (Å²) in [5, 5.41) is 4.80. The Morgan fingerprint density at radius 1 is 0.500 bits per heavy atom. The summed E-state index contributed by atoms with van der Waals surface area (Å²) in [5.41, 5.74) is 11.7. The van der Waals surface area contributed by atoms with Crippen LogP contribution in [0.5, 0.6) is 0 Å². The summed E-state index contributed by atoms with van der Waals surface area (Å²) < 4.78 is 0. The molecule has 0 bridgehead atoms. The fourth-order valence-corrected chi connectivity index (χ4v) is 5.77. The second-order valence-electron chi connectivity index (χ2n) is 9.88. The van der Waals surface area contributed by atoms with E-state index < -0.39 is 0 Å². The minimum absolute atomic E-state index is 0.977. The summed E-state index contributed by atoms with van der Waals surface area (Å²) >= 11 is 0. The standard InChI is InChI=1S/C22H18N2.C12H8N2/c1-13-15-7-3-5-9-19(15)23-21-17(13)11-12-18-14(2)16-8-4-6-10-20(16)24-22(18)21;1-3-9-5-6-10-4-2-8-14-12(10)11(9)13-7-1/h3-10H,11-12H2,1-2H3;1-8H. The first-order valence-corrected chi connectivity index (χ1v) is 13.0. The molecule has 3 aromatic carbocycles. The normalized spacial score (nSPS) is 12.3. The molecule has 1 aliphatic carbocycles. The molecular weight excluding hydrogens is 464 g/mol. The van der Waals surface area contributed by atoms with Gasteiger partial charge in [0.2, 0.25) is 0 Å². The predicted octanol–water partition coefficient (Wildman–Crippen LogP) is 7.95. The van der Waals surface area contributed by atoms with Crippen LogP contribution in [-0.4, -0.2) is 19.9 Å². The lowest BCUT2D eigenvalue weighted by atomic mass is 9.85. The summed E-state index contributed by atoms with van der Waals surface area (Å²) in [4.78, 5) is 18.7. The van der Waals surface area contributed by atoms with Crippen molar-refractivity contribution in [2.24, 2.45) is 0 Å². The zero-order valence-electron chi connectivity index (χ0n) is 21.4. The molecule has 0 fully saturated rings. The molecule has 4 heterocycles. The van der Waals surface area contributed by atoms with Gasteiger partial charge in [0.05, 0.1) is 33.5 Å². The van der Waals surface area contributed by atoms with Crippen molar-refractivity contribution in [3.05, 3.63) is 120 Å². The van der Waals surface area contributed by atoms with Crippen molar-refractivity contribution in [3.63, 3.8) is 0 Å². The van der Waals surface area contributed by atoms with Gasteiger partial charge in [-0.15, -0.1) is 0 Å². The Hall–Kier alpha value is -4.70. The van der Waals surface area contributed by atoms with Gasteiger partial charge < -0.3 is 0 Å². The van der Waals surface area contributed by atoms with Gasteiger partial charge in [-0.25, -0.2) is 9.97 Å². The number of nitrogens with zero attached hydrogens (tertiary/aromatic N) is 4. The van der Waals surface area contributed by atoms with E-state index in [0.29, 0.717) is 0 Å². The number of rotatable bonds is 0. The van der Waals surface area contributed by atoms with Crippen LogP contribution in [0.15, 0.2) is 97.3 Å². The van der Waals surface area contributed by atoms with Crippen LogP contribution in [0.3, 0.4) is 0 Å². The number of aromatic nitrogens is 4. The van der Waals surface area contributed by atoms with Crippen LogP contribution < -0.4 is 0 Å². The quantitative estimate of drug-likeness (QED) is 0.202. The molecule has 8 rings (SSSR count). The second kappa shape index (κ2) is 9.00. The minimum atomic E-state index is 0.977. The lowest BCUT2D eigenvalue weighted by molar-refractivity contribution is 0.904. The van der Waals surface area contributed by atoms with Crippen LogP contribution >= 0.6 is 0 Å². The number of hydrogen-bond donors (Lipinski definition) is 0. The topological polar surface area (TPSA) is 51.6 Å². The van der Waals surface area contributed by atoms with Crippen LogP contribution in [0.1, 0.15) is 22.3 Å². The molecule has 4 nitrogen and oxygen atoms in total. The Balaban J connectivity index is 0.000000147. The van der Waals surface area contributed by atoms with Gasteiger partial charge >= 0.3 is 0 Å². The van der Waals surface area contributed by atoms with E-state index in [-0.39, 0.29) is 0 Å². The summed E-state index contributed by atoms with van der Waals surface area (Å²) in [6, 6.07) is 29.0. The van der Waals surface area contributed by atoms with Crippen molar-refractivity contribution < 1.29 is 0 Å². The number of aryl methyl sites for hydroxylation is 2. The zero-order valence-corrected chi connectivity index (χ0v) is 21.4. The number of hydrogen-bond acceptors (Lipinski definition) is 4. The molecule has 38 heavy (non-hydrogen) atoms. The monoisotopic (exact) mass is 490 g/mol. The molecule has 0 radical (unpaired) electrons. The van der Waals surface area contributed by atoms with Crippen LogP contribution in [0.25, 0.3) is 55.0 Å². The maximum Gasteiger partial charge on any atom is 0.0964 e. The highest BCUT2D eigenvalue weighted by Crippen LogP contribution is 2.38. The van der Waals surface area contributed by atoms with Gasteiger partial charge in [-0.1, -0.05) is 60.7 Å². The molecule has 0 N–H and O–H groups in total. The maximum absolute atomic E-state index is 5.00. The Bertz CT molecular complexity index is 1860. The van der Waals surface area contributed by atoms with E-state index >= 15 is 0 Å². The third kappa shape index (κ3) is 3.60. The van der Waals surface area contributed by atoms with Crippen molar-refractivity contribution in [1.29, 1.82) is 0 Å². The highest BCUT2D eigenvalue weighted by atomic mass is 14.8. The van der Waals surface area contributed by atoms with Crippen molar-refractivity contribution in [2.45, 2.75) is 26.7 Å². The summed E-state index contributed by atoms with van der Waals surface area (Å²) in [7, 11) is 0. The van der Waals surface area contributed by atoms with Gasteiger partial charge in [-0.05, 0) is 73.2 Å². The Morgan fingerprint density at radius 3 is 1.42 bits per heavy atom. The highest BCUT2D eigenvalue weighted by molar-refractivity contribution is 6.02. The molecule has 0 amide bonds. The Kier molecular flexibility index (Phi) is 5.33. The van der Waals surface area contributed by atoms with Crippen molar-refractivity contribution >= 4 is 43.6 Å². The summed E-state index contributed by atoms with van der Waals surface area (Å²) in [6.07, 6.45) is 5.70. The Morgan fingerprint density at radius 2 is 0.947 bits per heavy atom. The molecular formula is C34H26N4. The third-order valence-corrected chi connectivity index (χ3v) is 7.75. The van der Waals surface area contributed by atoms with E-state index in [0.717, 1.165) is 57.1 Å². The van der Waals surface area contributed by atoms with Crippen molar-refractivity contribution in [3.8, 4) is 11.4 Å². The van der Waals surface area contributed by atoms with Crippen LogP contribution in [0.4, 0.5) is 0 Å². The summed E-state index contributed by atoms with van der Waals surface area (Å²) in [6.45, 7) is 4.45. The smallest absolute Gasteiger partial charge is 0.0964 e. The minimum Gasteiger partial charge on any atom is -0.254 e. The van der Waals surface area contributed by atoms with Crippen LogP contribution in [0.2, 0.25) is 0 Å². The first-order valence-electron chi connectivity index (χ1n) is 13.0. The van der Waals surface area contributed by atoms with E-state index in [1.165, 1.54) is 33.0 Å². The van der Waals surface area contributed by atoms with E-state index in [4.69, 9.17) is 9.97 Å². The average molecular weight is 491 g/mol. The van der Waals surface area contributed by atoms with Gasteiger partial charge in [-0.3, -0.25) is 9.97 Å². The molecule has 182 valence electrons. The molecule has 4 aromatic heterocycles. The highest BCUT2D eigenvalue weighted by Gasteiger charge is 2.24. The van der Waals surface area contributed by atoms with E-state index in [1.54, 1.807) is 12.4 Å². The van der Waals surface area contributed by atoms with Crippen molar-refractivity contribution in [2.75, 3.05) is 0 Å². The predicted molar refractivity (Wildman–Crippen MR) is 156 cm³/mol. The SMILES string of the molecule is Cc1c2c(nc3ccccc13)-c1nc3ccccc3c(C)c1CC2.c1cnc2c(c1)ccc1cccnc12. The largest absolute Gasteiger partial charge is 0.254 e. The van der Waals surface area contributed by atoms with E-state index in [9.17, 15) is 0 Å². The lowest BCUT2D eigenvalue weighted by Crippen LogP contribution is -2.11. The Labute approximate surface area is 221 Å². The molecule has 0 spiro atoms. The fourth-order valence-electron chi connectivity index (χ4n) is 5.77. The van der Waals surface area contributed by atoms with Gasteiger partial charge in [0.25, 0.3) is 0 Å². The average Bonchev–Trinajstić information content (AvgIpc) is 2.98. The summed E-state index contributed by atoms with van der Waals surface area (Å²) in [5.74, 6) is 0. The molecule has 0 unspecified atom stereocenters. The zero-order chi connectivity index (χ0) is 25.6. The van der Waals surface area contributed by atoms with Gasteiger partial charge in [0.1, 0.15) is 0 Å². The van der Waals surface area contributed by atoms with Gasteiger partial charge in [0.15, 0.2) is 0 Å². The van der Waals surface area contributed by atoms with Gasteiger partial charge in [-0.2, -0.15) is 0 Å². The molecule has 0 aliphatic heterocycles. The van der Waals surface area contributed by atoms with Gasteiger partial charge in [0, 0.05) is 33.9 Å². The third-order valence-electron chi connectivity index (χ3n) is 7.75. The first kappa shape index (κ1) is 22.5. The first-order chi connectivity index (χ1) is 18.7. The molecule has 0 saturated carbocycles. The van der Waals surface area contributed by atoms with Crippen LogP contribution in [0, 0.1) is 13.8 Å². The fraction of sp³-hybridized carbons (Fsp3) is 0.118. The van der Waals surface area contributed by atoms with Crippen LogP contribution in [-0.2, 0) is 12.8 Å². The van der Waals surface area contributed by atoms with E-state index in [1.807, 2.05) is 12.1 Å². The number of fused-ring (bicyclic) bond motifs is 8. The molecule has 4 heteroatoms. The molecule has 7 aromatic rings. The number of para-hydroxylation sites is 2. The lowest BCUT2D eigenvalue weighted by Gasteiger charge is -2.23. The number of benzene rings is 3. The molecule has 0 atom stereocenters. The van der Waals surface area contributed by atoms with Crippen molar-refractivity contribution in [1.82, 2.24) is 19.9 Å². The van der Waals surface area contributed by atoms with E-state index in [2.05, 4.69) is 96.6 Å². The maximum atomic E-state index is 5.00. The number of pyridine rings is 4. The molecule has 0 saturated heterocycles. The second-order valence-corrected chi connectivity index (χ2v) is 9.88.